The standard InChI is InChI=1S/C18H20FN/c19-17-11-12-18(14-20-13-17,15-7-3-1-4-8-15)16-9-5-2-6-10-16/h1-10,17,20H,11-14H2/t17-/m0/s1. The zero-order valence-electron chi connectivity index (χ0n) is 11.6. The van der Waals surface area contributed by atoms with E-state index in [0.717, 1.165) is 13.0 Å². The lowest BCUT2D eigenvalue weighted by molar-refractivity contribution is 0.310. The third-order valence-electron chi connectivity index (χ3n) is 4.33. The molecule has 0 amide bonds. The van der Waals surface area contributed by atoms with Crippen LogP contribution in [0.3, 0.4) is 0 Å². The Morgan fingerprint density at radius 2 is 1.45 bits per heavy atom. The molecule has 1 saturated heterocycles. The molecule has 2 aromatic rings. The largest absolute Gasteiger partial charge is 0.313 e. The molecule has 0 aromatic heterocycles. The molecule has 2 heteroatoms. The molecule has 0 saturated carbocycles. The maximum absolute atomic E-state index is 13.8. The first-order valence-corrected chi connectivity index (χ1v) is 7.27. The van der Waals surface area contributed by atoms with Gasteiger partial charge in [0.25, 0.3) is 0 Å². The minimum absolute atomic E-state index is 0.122. The van der Waals surface area contributed by atoms with Gasteiger partial charge in [0.2, 0.25) is 0 Å². The van der Waals surface area contributed by atoms with Gasteiger partial charge in [-0.05, 0) is 24.0 Å². The van der Waals surface area contributed by atoms with Crippen LogP contribution in [0.5, 0.6) is 0 Å². The molecule has 3 rings (SSSR count). The molecule has 0 radical (unpaired) electrons. The number of hydrogen-bond donors (Lipinski definition) is 1. The van der Waals surface area contributed by atoms with E-state index < -0.39 is 6.17 Å². The summed E-state index contributed by atoms with van der Waals surface area (Å²) in [6.45, 7) is 1.25. The highest BCUT2D eigenvalue weighted by Crippen LogP contribution is 2.38. The summed E-state index contributed by atoms with van der Waals surface area (Å²) in [5.41, 5.74) is 2.42. The van der Waals surface area contributed by atoms with Crippen molar-refractivity contribution in [1.29, 1.82) is 0 Å². The molecule has 20 heavy (non-hydrogen) atoms. The van der Waals surface area contributed by atoms with E-state index in [-0.39, 0.29) is 5.41 Å². The van der Waals surface area contributed by atoms with Crippen LogP contribution in [-0.4, -0.2) is 19.3 Å². The highest BCUT2D eigenvalue weighted by Gasteiger charge is 2.36. The van der Waals surface area contributed by atoms with Crippen molar-refractivity contribution in [2.45, 2.75) is 24.4 Å². The van der Waals surface area contributed by atoms with Crippen molar-refractivity contribution in [2.24, 2.45) is 0 Å². The zero-order valence-corrected chi connectivity index (χ0v) is 11.6. The predicted molar refractivity (Wildman–Crippen MR) is 80.7 cm³/mol. The zero-order chi connectivity index (χ0) is 13.8. The van der Waals surface area contributed by atoms with Crippen LogP contribution in [-0.2, 0) is 5.41 Å². The summed E-state index contributed by atoms with van der Waals surface area (Å²) in [5, 5.41) is 3.31. The molecule has 0 spiro atoms. The Bertz CT molecular complexity index is 498. The van der Waals surface area contributed by atoms with Crippen LogP contribution in [0.2, 0.25) is 0 Å². The van der Waals surface area contributed by atoms with Crippen molar-refractivity contribution in [3.63, 3.8) is 0 Å². The van der Waals surface area contributed by atoms with Crippen molar-refractivity contribution >= 4 is 0 Å². The third-order valence-corrected chi connectivity index (χ3v) is 4.33. The summed E-state index contributed by atoms with van der Waals surface area (Å²) < 4.78 is 13.8. The fraction of sp³-hybridized carbons (Fsp3) is 0.333. The van der Waals surface area contributed by atoms with Gasteiger partial charge in [0, 0.05) is 18.5 Å². The lowest BCUT2D eigenvalue weighted by Gasteiger charge is -2.34. The van der Waals surface area contributed by atoms with E-state index in [1.165, 1.54) is 11.1 Å². The van der Waals surface area contributed by atoms with Gasteiger partial charge in [-0.15, -0.1) is 0 Å². The lowest BCUT2D eigenvalue weighted by Crippen LogP contribution is -2.37. The molecule has 0 unspecified atom stereocenters. The van der Waals surface area contributed by atoms with Gasteiger partial charge in [0.15, 0.2) is 0 Å². The molecule has 104 valence electrons. The Labute approximate surface area is 119 Å². The van der Waals surface area contributed by atoms with Gasteiger partial charge in [-0.25, -0.2) is 4.39 Å². The summed E-state index contributed by atoms with van der Waals surface area (Å²) in [6.07, 6.45) is 0.704. The molecule has 0 bridgehead atoms. The number of rotatable bonds is 2. The molecule has 0 aliphatic carbocycles. The maximum Gasteiger partial charge on any atom is 0.113 e. The minimum atomic E-state index is -0.746. The lowest BCUT2D eigenvalue weighted by atomic mass is 9.71. The monoisotopic (exact) mass is 269 g/mol. The topological polar surface area (TPSA) is 12.0 Å². The van der Waals surface area contributed by atoms with Crippen molar-refractivity contribution in [3.05, 3.63) is 71.8 Å². The Hall–Kier alpha value is -1.67. The van der Waals surface area contributed by atoms with Crippen LogP contribution in [0, 0.1) is 0 Å². The molecular formula is C18H20FN. The van der Waals surface area contributed by atoms with Crippen LogP contribution in [0.15, 0.2) is 60.7 Å². The fourth-order valence-electron chi connectivity index (χ4n) is 3.21. The van der Waals surface area contributed by atoms with Crippen LogP contribution in [0.4, 0.5) is 4.39 Å². The molecule has 1 aliphatic heterocycles. The van der Waals surface area contributed by atoms with Gasteiger partial charge in [-0.2, -0.15) is 0 Å². The number of nitrogens with one attached hydrogen (secondary N) is 1. The Morgan fingerprint density at radius 1 is 0.900 bits per heavy atom. The predicted octanol–water partition coefficient (Wildman–Crippen LogP) is 3.69. The summed E-state index contributed by atoms with van der Waals surface area (Å²) in [5.74, 6) is 0. The highest BCUT2D eigenvalue weighted by molar-refractivity contribution is 5.40. The summed E-state index contributed by atoms with van der Waals surface area (Å²) >= 11 is 0. The first-order valence-electron chi connectivity index (χ1n) is 7.27. The number of benzene rings is 2. The first-order chi connectivity index (χ1) is 9.81. The second kappa shape index (κ2) is 5.76. The van der Waals surface area contributed by atoms with Crippen molar-refractivity contribution < 1.29 is 4.39 Å². The third kappa shape index (κ3) is 2.48. The molecule has 1 nitrogen and oxygen atoms in total. The van der Waals surface area contributed by atoms with Crippen LogP contribution < -0.4 is 5.32 Å². The second-order valence-corrected chi connectivity index (χ2v) is 5.58. The van der Waals surface area contributed by atoms with Gasteiger partial charge < -0.3 is 5.32 Å². The van der Waals surface area contributed by atoms with E-state index in [9.17, 15) is 4.39 Å². The first kappa shape index (κ1) is 13.3. The smallest absolute Gasteiger partial charge is 0.113 e. The Balaban J connectivity index is 2.08. The summed E-state index contributed by atoms with van der Waals surface area (Å²) in [7, 11) is 0. The Kier molecular flexibility index (Phi) is 3.83. The fourth-order valence-corrected chi connectivity index (χ4v) is 3.21. The number of hydrogen-bond acceptors (Lipinski definition) is 1. The highest BCUT2D eigenvalue weighted by atomic mass is 19.1. The second-order valence-electron chi connectivity index (χ2n) is 5.58. The van der Waals surface area contributed by atoms with Gasteiger partial charge in [-0.1, -0.05) is 60.7 Å². The molecule has 1 aliphatic rings. The van der Waals surface area contributed by atoms with E-state index in [0.29, 0.717) is 13.0 Å². The van der Waals surface area contributed by atoms with E-state index in [1.807, 2.05) is 12.1 Å². The van der Waals surface area contributed by atoms with Crippen LogP contribution in [0.25, 0.3) is 0 Å². The van der Waals surface area contributed by atoms with Crippen molar-refractivity contribution in [1.82, 2.24) is 5.32 Å². The van der Waals surface area contributed by atoms with Gasteiger partial charge in [0.1, 0.15) is 6.17 Å². The quantitative estimate of drug-likeness (QED) is 0.876. The van der Waals surface area contributed by atoms with E-state index >= 15 is 0 Å². The average molecular weight is 269 g/mol. The summed E-state index contributed by atoms with van der Waals surface area (Å²) in [4.78, 5) is 0. The van der Waals surface area contributed by atoms with Gasteiger partial charge in [-0.3, -0.25) is 0 Å². The number of alkyl halides is 1. The SMILES string of the molecule is F[C@H]1CCC(c2ccccc2)(c2ccccc2)CNC1. The van der Waals surface area contributed by atoms with Crippen LogP contribution >= 0.6 is 0 Å². The van der Waals surface area contributed by atoms with Gasteiger partial charge >= 0.3 is 0 Å². The molecule has 1 heterocycles. The average Bonchev–Trinajstić information content (AvgIpc) is 2.72. The van der Waals surface area contributed by atoms with E-state index in [4.69, 9.17) is 0 Å². The van der Waals surface area contributed by atoms with Crippen molar-refractivity contribution in [2.75, 3.05) is 13.1 Å². The molecule has 1 atom stereocenters. The molecule has 1 fully saturated rings. The van der Waals surface area contributed by atoms with E-state index in [1.54, 1.807) is 0 Å². The maximum atomic E-state index is 13.8. The molecular weight excluding hydrogens is 249 g/mol. The summed E-state index contributed by atoms with van der Waals surface area (Å²) in [6, 6.07) is 21.0. The molecule has 1 N–H and O–H groups in total. The Morgan fingerprint density at radius 3 is 2.00 bits per heavy atom. The van der Waals surface area contributed by atoms with E-state index in [2.05, 4.69) is 53.8 Å². The van der Waals surface area contributed by atoms with Crippen molar-refractivity contribution in [3.8, 4) is 0 Å². The molecule has 2 aromatic carbocycles. The van der Waals surface area contributed by atoms with Crippen LogP contribution in [0.1, 0.15) is 24.0 Å². The minimum Gasteiger partial charge on any atom is -0.313 e. The normalized spacial score (nSPS) is 22.1. The van der Waals surface area contributed by atoms with Gasteiger partial charge in [0.05, 0.1) is 0 Å². The number of halogens is 1.